The van der Waals surface area contributed by atoms with Gasteiger partial charge in [0.05, 0.1) is 11.4 Å². The van der Waals surface area contributed by atoms with E-state index in [4.69, 9.17) is 0 Å². The van der Waals surface area contributed by atoms with Crippen molar-refractivity contribution in [3.63, 3.8) is 0 Å². The van der Waals surface area contributed by atoms with Crippen molar-refractivity contribution in [1.82, 2.24) is 18.9 Å². The Bertz CT molecular complexity index is 1280. The predicted molar refractivity (Wildman–Crippen MR) is 109 cm³/mol. The predicted octanol–water partition coefficient (Wildman–Crippen LogP) is 3.46. The maximum absolute atomic E-state index is 12.7. The number of rotatable bonds is 4. The molecule has 8 heteroatoms. The second kappa shape index (κ2) is 6.49. The summed E-state index contributed by atoms with van der Waals surface area (Å²) in [4.78, 5) is 8.78. The topological polar surface area (TPSA) is 81.3 Å². The summed E-state index contributed by atoms with van der Waals surface area (Å²) in [6, 6.07) is 9.64. The van der Waals surface area contributed by atoms with E-state index in [1.54, 1.807) is 24.6 Å². The van der Waals surface area contributed by atoms with Crippen LogP contribution in [-0.4, -0.2) is 27.4 Å². The first kappa shape index (κ1) is 18.2. The van der Waals surface area contributed by atoms with Gasteiger partial charge in [0.15, 0.2) is 5.03 Å². The number of hydrogen-bond acceptors (Lipinski definition) is 4. The van der Waals surface area contributed by atoms with Gasteiger partial charge in [-0.3, -0.25) is 4.72 Å². The molecule has 1 aromatic carbocycles. The maximum Gasteiger partial charge on any atom is 0.280 e. The van der Waals surface area contributed by atoms with Crippen molar-refractivity contribution in [3.05, 3.63) is 65.9 Å². The molecule has 7 nitrogen and oxygen atoms in total. The zero-order chi connectivity index (χ0) is 20.1. The molecule has 0 fully saturated rings. The molecule has 0 bridgehead atoms. The number of aromatic nitrogens is 4. The Morgan fingerprint density at radius 2 is 1.79 bits per heavy atom. The lowest BCUT2D eigenvalue weighted by Gasteiger charge is -2.10. The maximum atomic E-state index is 12.7. The van der Waals surface area contributed by atoms with E-state index in [0.717, 1.165) is 28.0 Å². The number of benzene rings is 1. The number of nitrogens with one attached hydrogen (secondary N) is 1. The molecule has 0 unspecified atom stereocenters. The molecule has 0 saturated carbocycles. The summed E-state index contributed by atoms with van der Waals surface area (Å²) in [6.07, 6.45) is 5.39. The summed E-state index contributed by atoms with van der Waals surface area (Å²) in [5.41, 5.74) is 4.92. The fourth-order valence-corrected chi connectivity index (χ4v) is 4.13. The summed E-state index contributed by atoms with van der Waals surface area (Å²) in [5, 5.41) is 0.000471. The van der Waals surface area contributed by atoms with Crippen molar-refractivity contribution < 1.29 is 8.42 Å². The molecule has 4 aromatic rings. The minimum atomic E-state index is -3.77. The summed E-state index contributed by atoms with van der Waals surface area (Å²) >= 11 is 0. The molecule has 0 saturated heterocycles. The normalized spacial score (nSPS) is 11.9. The second-order valence-electron chi connectivity index (χ2n) is 6.97. The first-order valence-corrected chi connectivity index (χ1v) is 10.3. The summed E-state index contributed by atoms with van der Waals surface area (Å²) in [5.74, 6) is 0.630. The molecule has 0 spiro atoms. The van der Waals surface area contributed by atoms with Crippen molar-refractivity contribution >= 4 is 21.4 Å². The molecule has 28 heavy (non-hydrogen) atoms. The van der Waals surface area contributed by atoms with Gasteiger partial charge in [-0.15, -0.1) is 0 Å². The van der Waals surface area contributed by atoms with Gasteiger partial charge in [0, 0.05) is 31.2 Å². The minimum absolute atomic E-state index is 0.000471. The van der Waals surface area contributed by atoms with Gasteiger partial charge in [0.2, 0.25) is 0 Å². The van der Waals surface area contributed by atoms with E-state index in [0.29, 0.717) is 11.5 Å². The zero-order valence-electron chi connectivity index (χ0n) is 16.1. The highest BCUT2D eigenvalue weighted by molar-refractivity contribution is 7.92. The van der Waals surface area contributed by atoms with Crippen molar-refractivity contribution in [2.75, 3.05) is 4.72 Å². The minimum Gasteiger partial charge on any atom is -0.337 e. The van der Waals surface area contributed by atoms with Gasteiger partial charge in [-0.2, -0.15) is 8.42 Å². The lowest BCUT2D eigenvalue weighted by atomic mass is 10.1. The molecule has 0 radical (unpaired) electrons. The molecule has 0 aliphatic heterocycles. The van der Waals surface area contributed by atoms with E-state index in [2.05, 4.69) is 14.7 Å². The van der Waals surface area contributed by atoms with Crippen molar-refractivity contribution in [3.8, 4) is 11.3 Å². The first-order valence-electron chi connectivity index (χ1n) is 8.82. The van der Waals surface area contributed by atoms with Crippen molar-refractivity contribution in [2.45, 2.75) is 25.8 Å². The lowest BCUT2D eigenvalue weighted by Crippen LogP contribution is -2.14. The fourth-order valence-electron chi connectivity index (χ4n) is 2.97. The van der Waals surface area contributed by atoms with E-state index < -0.39 is 10.0 Å². The van der Waals surface area contributed by atoms with Crippen LogP contribution in [0.3, 0.4) is 0 Å². The molecule has 0 aliphatic rings. The third kappa shape index (κ3) is 3.27. The Morgan fingerprint density at radius 3 is 2.50 bits per heavy atom. The van der Waals surface area contributed by atoms with Crippen LogP contribution in [0.25, 0.3) is 16.9 Å². The number of anilines is 1. The highest BCUT2D eigenvalue weighted by Crippen LogP contribution is 2.27. The third-order valence-electron chi connectivity index (χ3n) is 4.76. The SMILES string of the molecule is Cc1ccn2cc(-c3ccc(C)c(NS(=O)(=O)c4cn(C)c(C)n4)c3)nc2c1. The summed E-state index contributed by atoms with van der Waals surface area (Å²) < 4.78 is 31.8. The van der Waals surface area contributed by atoms with Crippen LogP contribution in [0.1, 0.15) is 17.0 Å². The van der Waals surface area contributed by atoms with Gasteiger partial charge in [-0.05, 0) is 50.1 Å². The van der Waals surface area contributed by atoms with E-state index >= 15 is 0 Å². The van der Waals surface area contributed by atoms with Crippen LogP contribution < -0.4 is 4.72 Å². The number of pyridine rings is 1. The molecule has 4 rings (SSSR count). The third-order valence-corrected chi connectivity index (χ3v) is 5.99. The fraction of sp³-hybridized carbons (Fsp3) is 0.200. The number of imidazole rings is 2. The molecule has 0 amide bonds. The molecule has 0 atom stereocenters. The smallest absolute Gasteiger partial charge is 0.280 e. The summed E-state index contributed by atoms with van der Waals surface area (Å²) in [7, 11) is -2.01. The van der Waals surface area contributed by atoms with Crippen LogP contribution >= 0.6 is 0 Å². The number of hydrogen-bond donors (Lipinski definition) is 1. The Morgan fingerprint density at radius 1 is 1.00 bits per heavy atom. The van der Waals surface area contributed by atoms with Crippen LogP contribution in [0, 0.1) is 20.8 Å². The van der Waals surface area contributed by atoms with E-state index in [-0.39, 0.29) is 5.03 Å². The quantitative estimate of drug-likeness (QED) is 0.574. The monoisotopic (exact) mass is 395 g/mol. The number of fused-ring (bicyclic) bond motifs is 1. The number of aryl methyl sites for hydroxylation is 4. The Labute approximate surface area is 163 Å². The molecule has 144 valence electrons. The highest BCUT2D eigenvalue weighted by Gasteiger charge is 2.20. The number of nitrogens with zero attached hydrogens (tertiary/aromatic N) is 4. The summed E-state index contributed by atoms with van der Waals surface area (Å²) in [6.45, 7) is 5.64. The zero-order valence-corrected chi connectivity index (χ0v) is 16.9. The van der Waals surface area contributed by atoms with Crippen molar-refractivity contribution in [1.29, 1.82) is 0 Å². The van der Waals surface area contributed by atoms with Crippen LogP contribution in [0.4, 0.5) is 5.69 Å². The van der Waals surface area contributed by atoms with E-state index in [9.17, 15) is 8.42 Å². The van der Waals surface area contributed by atoms with E-state index in [1.807, 2.05) is 54.9 Å². The average Bonchev–Trinajstić information content (AvgIpc) is 3.20. The Kier molecular flexibility index (Phi) is 4.23. The first-order chi connectivity index (χ1) is 13.2. The molecule has 0 aliphatic carbocycles. The Balaban J connectivity index is 1.72. The molecular formula is C20H21N5O2S. The van der Waals surface area contributed by atoms with Crippen molar-refractivity contribution in [2.24, 2.45) is 7.05 Å². The van der Waals surface area contributed by atoms with E-state index in [1.165, 1.54) is 6.20 Å². The van der Waals surface area contributed by atoms with Gasteiger partial charge >= 0.3 is 0 Å². The Hall–Kier alpha value is -3.13. The molecular weight excluding hydrogens is 374 g/mol. The highest BCUT2D eigenvalue weighted by atomic mass is 32.2. The van der Waals surface area contributed by atoms with Gasteiger partial charge in [0.25, 0.3) is 10.0 Å². The van der Waals surface area contributed by atoms with Crippen LogP contribution in [0.15, 0.2) is 53.9 Å². The largest absolute Gasteiger partial charge is 0.337 e. The molecule has 3 heterocycles. The van der Waals surface area contributed by atoms with Gasteiger partial charge < -0.3 is 8.97 Å². The number of sulfonamides is 1. The molecule has 1 N–H and O–H groups in total. The van der Waals surface area contributed by atoms with Gasteiger partial charge in [-0.25, -0.2) is 9.97 Å². The van der Waals surface area contributed by atoms with Crippen LogP contribution in [0.2, 0.25) is 0 Å². The van der Waals surface area contributed by atoms with Gasteiger partial charge in [-0.1, -0.05) is 12.1 Å². The van der Waals surface area contributed by atoms with Crippen LogP contribution in [-0.2, 0) is 17.1 Å². The van der Waals surface area contributed by atoms with Crippen LogP contribution in [0.5, 0.6) is 0 Å². The second-order valence-corrected chi connectivity index (χ2v) is 8.60. The van der Waals surface area contributed by atoms with Gasteiger partial charge in [0.1, 0.15) is 11.5 Å². The molecule has 3 aromatic heterocycles. The lowest BCUT2D eigenvalue weighted by molar-refractivity contribution is 0.598. The average molecular weight is 395 g/mol. The standard InChI is InChI=1S/C20H21N5O2S/c1-13-7-8-25-11-18(22-19(25)9-13)16-6-5-14(2)17(10-16)23-28(26,27)20-12-24(4)15(3)21-20/h5-12,23H,1-4H3.